The molecule has 0 bridgehead atoms. The fourth-order valence-electron chi connectivity index (χ4n) is 4.88. The smallest absolute Gasteiger partial charge is 0.259 e. The first-order valence-corrected chi connectivity index (χ1v) is 13.4. The Kier molecular flexibility index (Phi) is 8.07. The zero-order valence-corrected chi connectivity index (χ0v) is 21.6. The molecule has 1 N–H and O–H groups in total. The Morgan fingerprint density at radius 1 is 1.19 bits per heavy atom. The standard InChI is InChI=1S/C21H23F2NO.C5H9N3O2S/c1-25-21-12-19-15(11-20(21)23)10-16(13-24-6-3-7-24)18(19)9-14-4-2-5-17(22)8-14;1-6-11(9,10)5-3-8(2)4-7-5/h2,4-5,8,11-12,16,18H,3,6-7,9-10,13H2,1H3;3-4,6H,1-2H3. The summed E-state index contributed by atoms with van der Waals surface area (Å²) in [6.07, 6.45) is 5.79. The number of imidazole rings is 1. The second-order valence-corrected chi connectivity index (χ2v) is 11.2. The first-order chi connectivity index (χ1) is 17.2. The first kappa shape index (κ1) is 26.2. The second-order valence-electron chi connectivity index (χ2n) is 9.33. The van der Waals surface area contributed by atoms with Gasteiger partial charge in [0.2, 0.25) is 0 Å². The largest absolute Gasteiger partial charge is 0.494 e. The second kappa shape index (κ2) is 11.1. The summed E-state index contributed by atoms with van der Waals surface area (Å²) >= 11 is 0. The normalized spacial score (nSPS) is 19.2. The average Bonchev–Trinajstić information content (AvgIpc) is 3.40. The van der Waals surface area contributed by atoms with Gasteiger partial charge in [0.05, 0.1) is 13.4 Å². The van der Waals surface area contributed by atoms with Gasteiger partial charge in [-0.3, -0.25) is 0 Å². The minimum atomic E-state index is -3.36. The fourth-order valence-corrected chi connectivity index (χ4v) is 5.58. The summed E-state index contributed by atoms with van der Waals surface area (Å²) in [5, 5.41) is 0.0440. The molecule has 0 radical (unpaired) electrons. The van der Waals surface area contributed by atoms with E-state index in [9.17, 15) is 17.2 Å². The van der Waals surface area contributed by atoms with Crippen molar-refractivity contribution in [3.8, 4) is 5.75 Å². The fraction of sp³-hybridized carbons (Fsp3) is 0.423. The molecule has 194 valence electrons. The number of halogens is 2. The van der Waals surface area contributed by atoms with Crippen molar-refractivity contribution in [3.05, 3.63) is 77.2 Å². The zero-order valence-electron chi connectivity index (χ0n) is 20.7. The van der Waals surface area contributed by atoms with Crippen LogP contribution in [0.1, 0.15) is 29.0 Å². The molecule has 0 spiro atoms. The Bertz CT molecular complexity index is 1310. The van der Waals surface area contributed by atoms with Crippen LogP contribution in [0.3, 0.4) is 0 Å². The monoisotopic (exact) mass is 518 g/mol. The van der Waals surface area contributed by atoms with Crippen LogP contribution in [0.2, 0.25) is 0 Å². The summed E-state index contributed by atoms with van der Waals surface area (Å²) in [4.78, 5) is 6.13. The Morgan fingerprint density at radius 3 is 2.56 bits per heavy atom. The summed E-state index contributed by atoms with van der Waals surface area (Å²) in [5.41, 5.74) is 3.23. The number of hydrogen-bond donors (Lipinski definition) is 1. The maximum Gasteiger partial charge on any atom is 0.259 e. The van der Waals surface area contributed by atoms with Crippen LogP contribution in [-0.4, -0.2) is 56.7 Å². The van der Waals surface area contributed by atoms with Crippen molar-refractivity contribution in [1.29, 1.82) is 0 Å². The molecule has 0 amide bonds. The van der Waals surface area contributed by atoms with Gasteiger partial charge in [-0.15, -0.1) is 0 Å². The highest BCUT2D eigenvalue weighted by Gasteiger charge is 2.35. The van der Waals surface area contributed by atoms with Gasteiger partial charge in [-0.05, 0) is 92.2 Å². The molecule has 2 unspecified atom stereocenters. The molecule has 2 aromatic carbocycles. The van der Waals surface area contributed by atoms with Crippen LogP contribution < -0.4 is 9.46 Å². The number of methoxy groups -OCH3 is 1. The molecular weight excluding hydrogens is 486 g/mol. The third kappa shape index (κ3) is 5.93. The van der Waals surface area contributed by atoms with Crippen molar-refractivity contribution >= 4 is 10.0 Å². The van der Waals surface area contributed by atoms with E-state index in [1.807, 2.05) is 12.1 Å². The highest BCUT2D eigenvalue weighted by atomic mass is 32.2. The topological polar surface area (TPSA) is 76.5 Å². The molecule has 2 heterocycles. The molecule has 2 aliphatic rings. The number of nitrogens with zero attached hydrogens (tertiary/aromatic N) is 3. The van der Waals surface area contributed by atoms with Crippen LogP contribution in [0.25, 0.3) is 0 Å². The number of fused-ring (bicyclic) bond motifs is 1. The van der Waals surface area contributed by atoms with E-state index in [-0.39, 0.29) is 22.6 Å². The number of ether oxygens (including phenoxy) is 1. The predicted molar refractivity (Wildman–Crippen MR) is 134 cm³/mol. The van der Waals surface area contributed by atoms with Crippen LogP contribution in [-0.2, 0) is 29.9 Å². The van der Waals surface area contributed by atoms with E-state index in [1.54, 1.807) is 29.8 Å². The minimum Gasteiger partial charge on any atom is -0.494 e. The highest BCUT2D eigenvalue weighted by Crippen LogP contribution is 2.43. The van der Waals surface area contributed by atoms with Gasteiger partial charge in [-0.25, -0.2) is 26.9 Å². The van der Waals surface area contributed by atoms with Crippen LogP contribution in [0, 0.1) is 17.6 Å². The van der Waals surface area contributed by atoms with Crippen LogP contribution in [0.5, 0.6) is 5.75 Å². The van der Waals surface area contributed by atoms with E-state index in [0.29, 0.717) is 11.7 Å². The summed E-state index contributed by atoms with van der Waals surface area (Å²) in [6.45, 7) is 3.33. The summed E-state index contributed by atoms with van der Waals surface area (Å²) in [5.74, 6) is 0.506. The van der Waals surface area contributed by atoms with Crippen molar-refractivity contribution in [2.75, 3.05) is 33.8 Å². The lowest BCUT2D eigenvalue weighted by molar-refractivity contribution is 0.145. The van der Waals surface area contributed by atoms with E-state index in [4.69, 9.17) is 4.74 Å². The average molecular weight is 519 g/mol. The maximum atomic E-state index is 14.1. The molecule has 1 aliphatic heterocycles. The van der Waals surface area contributed by atoms with Gasteiger partial charge in [-0.2, -0.15) is 0 Å². The number of benzene rings is 2. The number of aryl methyl sites for hydroxylation is 1. The molecule has 3 aromatic rings. The SMILES string of the molecule is CNS(=O)(=O)c1cn(C)cn1.COc1cc2c(cc1F)CC(CN1CCC1)C2Cc1cccc(F)c1. The number of rotatable bonds is 7. The Balaban J connectivity index is 0.000000233. The molecule has 1 aliphatic carbocycles. The maximum absolute atomic E-state index is 14.1. The zero-order chi connectivity index (χ0) is 25.9. The number of aromatic nitrogens is 2. The van der Waals surface area contributed by atoms with E-state index >= 15 is 0 Å². The van der Waals surface area contributed by atoms with Gasteiger partial charge >= 0.3 is 0 Å². The molecule has 1 fully saturated rings. The van der Waals surface area contributed by atoms with Crippen molar-refractivity contribution in [1.82, 2.24) is 19.2 Å². The molecule has 1 aromatic heterocycles. The molecule has 0 saturated carbocycles. The van der Waals surface area contributed by atoms with Gasteiger partial charge in [0.15, 0.2) is 16.6 Å². The van der Waals surface area contributed by atoms with Crippen molar-refractivity contribution < 1.29 is 21.9 Å². The summed E-state index contributed by atoms with van der Waals surface area (Å²) in [6, 6.07) is 10.3. The number of likely N-dealkylation sites (tertiary alicyclic amines) is 1. The molecular formula is C26H32F2N4O3S. The molecule has 2 atom stereocenters. The van der Waals surface area contributed by atoms with Gasteiger partial charge in [0.1, 0.15) is 5.82 Å². The summed E-state index contributed by atoms with van der Waals surface area (Å²) < 4.78 is 58.7. The Labute approximate surface area is 211 Å². The van der Waals surface area contributed by atoms with Crippen molar-refractivity contribution in [2.45, 2.75) is 30.2 Å². The first-order valence-electron chi connectivity index (χ1n) is 11.9. The Morgan fingerprint density at radius 2 is 1.97 bits per heavy atom. The lowest BCUT2D eigenvalue weighted by Gasteiger charge is -2.35. The molecule has 10 heteroatoms. The molecule has 1 saturated heterocycles. The van der Waals surface area contributed by atoms with Crippen LogP contribution >= 0.6 is 0 Å². The third-order valence-corrected chi connectivity index (χ3v) is 8.17. The third-order valence-electron chi connectivity index (χ3n) is 6.88. The van der Waals surface area contributed by atoms with Crippen LogP contribution in [0.4, 0.5) is 8.78 Å². The van der Waals surface area contributed by atoms with E-state index in [1.165, 1.54) is 39.2 Å². The molecule has 36 heavy (non-hydrogen) atoms. The molecule has 5 rings (SSSR count). The van der Waals surface area contributed by atoms with E-state index in [0.717, 1.165) is 49.2 Å². The van der Waals surface area contributed by atoms with Crippen molar-refractivity contribution in [2.24, 2.45) is 13.0 Å². The highest BCUT2D eigenvalue weighted by molar-refractivity contribution is 7.89. The van der Waals surface area contributed by atoms with Gasteiger partial charge in [0.25, 0.3) is 10.0 Å². The number of hydrogen-bond acceptors (Lipinski definition) is 5. The van der Waals surface area contributed by atoms with Crippen LogP contribution in [0.15, 0.2) is 53.9 Å². The number of nitrogens with one attached hydrogen (secondary N) is 1. The predicted octanol–water partition coefficient (Wildman–Crippen LogP) is 3.51. The van der Waals surface area contributed by atoms with E-state index < -0.39 is 10.0 Å². The number of sulfonamides is 1. The van der Waals surface area contributed by atoms with E-state index in [2.05, 4.69) is 14.6 Å². The minimum absolute atomic E-state index is 0.0440. The lowest BCUT2D eigenvalue weighted by atomic mass is 9.86. The van der Waals surface area contributed by atoms with Gasteiger partial charge in [0, 0.05) is 19.8 Å². The quantitative estimate of drug-likeness (QED) is 0.518. The Hall–Kier alpha value is -2.82. The van der Waals surface area contributed by atoms with Crippen molar-refractivity contribution in [3.63, 3.8) is 0 Å². The lowest BCUT2D eigenvalue weighted by Crippen LogP contribution is -2.41. The van der Waals surface area contributed by atoms with Gasteiger partial charge < -0.3 is 14.2 Å². The summed E-state index contributed by atoms with van der Waals surface area (Å²) in [7, 11) is 1.20. The molecule has 7 nitrogen and oxygen atoms in total. The van der Waals surface area contributed by atoms with Gasteiger partial charge in [-0.1, -0.05) is 12.1 Å².